The van der Waals surface area contributed by atoms with E-state index in [1.807, 2.05) is 54.6 Å². The molecule has 0 saturated carbocycles. The zero-order chi connectivity index (χ0) is 25.1. The zero-order valence-corrected chi connectivity index (χ0v) is 19.8. The molecule has 3 aromatic rings. The van der Waals surface area contributed by atoms with E-state index in [1.54, 1.807) is 0 Å². The Balaban J connectivity index is 1.24. The Bertz CT molecular complexity index is 1230. The molecule has 184 valence electrons. The lowest BCUT2D eigenvalue weighted by Crippen LogP contribution is -2.51. The van der Waals surface area contributed by atoms with Crippen molar-refractivity contribution in [2.24, 2.45) is 0 Å². The van der Waals surface area contributed by atoms with Crippen molar-refractivity contribution in [3.05, 3.63) is 95.6 Å². The largest absolute Gasteiger partial charge is 0.480 e. The molecular weight excluding hydrogens is 456 g/mol. The summed E-state index contributed by atoms with van der Waals surface area (Å²) < 4.78 is 5.74. The molecule has 1 heterocycles. The number of benzene rings is 3. The van der Waals surface area contributed by atoms with Crippen molar-refractivity contribution in [2.45, 2.75) is 37.3 Å². The summed E-state index contributed by atoms with van der Waals surface area (Å²) in [5, 5.41) is 12.3. The van der Waals surface area contributed by atoms with Crippen molar-refractivity contribution in [1.29, 1.82) is 0 Å². The first kappa shape index (κ1) is 23.6. The third-order valence-electron chi connectivity index (χ3n) is 7.02. The molecule has 2 atom stereocenters. The molecule has 0 unspecified atom stereocenters. The lowest BCUT2D eigenvalue weighted by Gasteiger charge is -2.26. The number of nitrogens with zero attached hydrogens (tertiary/aromatic N) is 1. The standard InChI is InChI=1S/C29H28N2O5/c32-27(30-25(28(33)34)17-19-9-2-1-3-10-19)26-15-8-16-31(26)29(35)36-18-24-22-13-6-4-11-20(22)21-12-5-7-14-23(21)24/h1-7,9-14,24-26H,8,15-18H2,(H,30,32)(H,33,34)/t25-,26-/m0/s1. The molecule has 2 aliphatic rings. The fourth-order valence-corrected chi connectivity index (χ4v) is 5.25. The summed E-state index contributed by atoms with van der Waals surface area (Å²) in [7, 11) is 0. The van der Waals surface area contributed by atoms with E-state index in [0.29, 0.717) is 19.4 Å². The number of hydrogen-bond acceptors (Lipinski definition) is 4. The fraction of sp³-hybridized carbons (Fsp3) is 0.276. The first-order chi connectivity index (χ1) is 17.5. The average molecular weight is 485 g/mol. The number of aliphatic carboxylic acids is 1. The lowest BCUT2D eigenvalue weighted by molar-refractivity contribution is -0.142. The maximum absolute atomic E-state index is 13.1. The van der Waals surface area contributed by atoms with Crippen molar-refractivity contribution in [1.82, 2.24) is 10.2 Å². The van der Waals surface area contributed by atoms with Crippen molar-refractivity contribution >= 4 is 18.0 Å². The molecule has 7 nitrogen and oxygen atoms in total. The number of carbonyl (C=O) groups is 3. The van der Waals surface area contributed by atoms with E-state index >= 15 is 0 Å². The van der Waals surface area contributed by atoms with E-state index in [1.165, 1.54) is 4.90 Å². The minimum Gasteiger partial charge on any atom is -0.480 e. The van der Waals surface area contributed by atoms with Crippen LogP contribution in [0.1, 0.15) is 35.4 Å². The van der Waals surface area contributed by atoms with Crippen LogP contribution in [-0.2, 0) is 20.7 Å². The number of carboxylic acids is 1. The molecule has 36 heavy (non-hydrogen) atoms. The average Bonchev–Trinajstić information content (AvgIpc) is 3.51. The van der Waals surface area contributed by atoms with Crippen molar-refractivity contribution < 1.29 is 24.2 Å². The maximum atomic E-state index is 13.1. The number of nitrogens with one attached hydrogen (secondary N) is 1. The van der Waals surface area contributed by atoms with Gasteiger partial charge in [-0.2, -0.15) is 0 Å². The smallest absolute Gasteiger partial charge is 0.410 e. The van der Waals surface area contributed by atoms with Gasteiger partial charge in [-0.3, -0.25) is 9.69 Å². The number of carboxylic acid groups (broad SMARTS) is 1. The predicted molar refractivity (Wildman–Crippen MR) is 135 cm³/mol. The Hall–Kier alpha value is -4.13. The Morgan fingerprint density at radius 2 is 1.53 bits per heavy atom. The summed E-state index contributed by atoms with van der Waals surface area (Å²) in [5.41, 5.74) is 5.33. The second-order valence-electron chi connectivity index (χ2n) is 9.24. The van der Waals surface area contributed by atoms with E-state index < -0.39 is 30.1 Å². The van der Waals surface area contributed by atoms with Gasteiger partial charge in [-0.25, -0.2) is 9.59 Å². The molecule has 1 aliphatic heterocycles. The van der Waals surface area contributed by atoms with Crippen LogP contribution < -0.4 is 5.32 Å². The highest BCUT2D eigenvalue weighted by molar-refractivity contribution is 5.90. The highest BCUT2D eigenvalue weighted by atomic mass is 16.6. The van der Waals surface area contributed by atoms with Gasteiger partial charge in [0.1, 0.15) is 18.7 Å². The number of likely N-dealkylation sites (tertiary alicyclic amines) is 1. The molecule has 7 heteroatoms. The lowest BCUT2D eigenvalue weighted by atomic mass is 9.98. The minimum absolute atomic E-state index is 0.0708. The Morgan fingerprint density at radius 3 is 2.17 bits per heavy atom. The SMILES string of the molecule is O=C(O)[C@H](Cc1ccccc1)NC(=O)[C@@H]1CCCN1C(=O)OCC1c2ccccc2-c2ccccc21. The Labute approximate surface area is 209 Å². The number of carbonyl (C=O) groups excluding carboxylic acids is 2. The van der Waals surface area contributed by atoms with Crippen molar-refractivity contribution in [2.75, 3.05) is 13.2 Å². The van der Waals surface area contributed by atoms with Crippen molar-refractivity contribution in [3.63, 3.8) is 0 Å². The summed E-state index contributed by atoms with van der Waals surface area (Å²) in [6.45, 7) is 0.564. The van der Waals surface area contributed by atoms with Gasteiger partial charge in [0.05, 0.1) is 0 Å². The molecule has 3 aromatic carbocycles. The van der Waals surface area contributed by atoms with Crippen LogP contribution in [0.25, 0.3) is 11.1 Å². The Morgan fingerprint density at radius 1 is 0.917 bits per heavy atom. The van der Waals surface area contributed by atoms with Crippen LogP contribution in [0.15, 0.2) is 78.9 Å². The predicted octanol–water partition coefficient (Wildman–Crippen LogP) is 4.21. The third kappa shape index (κ3) is 4.69. The van der Waals surface area contributed by atoms with Gasteiger partial charge < -0.3 is 15.2 Å². The first-order valence-corrected chi connectivity index (χ1v) is 12.2. The Kier molecular flexibility index (Phi) is 6.71. The van der Waals surface area contributed by atoms with Gasteiger partial charge in [0.15, 0.2) is 0 Å². The molecule has 1 saturated heterocycles. The second kappa shape index (κ2) is 10.2. The van der Waals surface area contributed by atoms with Gasteiger partial charge in [-0.15, -0.1) is 0 Å². The van der Waals surface area contributed by atoms with E-state index in [2.05, 4.69) is 29.6 Å². The monoisotopic (exact) mass is 484 g/mol. The highest BCUT2D eigenvalue weighted by Crippen LogP contribution is 2.44. The number of fused-ring (bicyclic) bond motifs is 3. The quantitative estimate of drug-likeness (QED) is 0.524. The zero-order valence-electron chi connectivity index (χ0n) is 19.8. The molecule has 0 bridgehead atoms. The molecule has 5 rings (SSSR count). The second-order valence-corrected chi connectivity index (χ2v) is 9.24. The molecular formula is C29H28N2O5. The first-order valence-electron chi connectivity index (χ1n) is 12.2. The fourth-order valence-electron chi connectivity index (χ4n) is 5.25. The highest BCUT2D eigenvalue weighted by Gasteiger charge is 2.38. The molecule has 2 amide bonds. The molecule has 1 fully saturated rings. The maximum Gasteiger partial charge on any atom is 0.410 e. The van der Waals surface area contributed by atoms with Gasteiger partial charge in [-0.05, 0) is 40.7 Å². The van der Waals surface area contributed by atoms with Gasteiger partial charge in [0, 0.05) is 18.9 Å². The van der Waals surface area contributed by atoms with Crippen LogP contribution in [0.2, 0.25) is 0 Å². The summed E-state index contributed by atoms with van der Waals surface area (Å²) in [5.74, 6) is -1.65. The van der Waals surface area contributed by atoms with E-state index in [-0.39, 0.29) is 18.9 Å². The van der Waals surface area contributed by atoms with Gasteiger partial charge in [0.2, 0.25) is 5.91 Å². The number of rotatable bonds is 7. The topological polar surface area (TPSA) is 95.9 Å². The third-order valence-corrected chi connectivity index (χ3v) is 7.02. The van der Waals surface area contributed by atoms with Crippen LogP contribution >= 0.6 is 0 Å². The molecule has 1 aliphatic carbocycles. The molecule has 0 aromatic heterocycles. The number of hydrogen-bond donors (Lipinski definition) is 2. The van der Waals surface area contributed by atoms with Crippen LogP contribution in [-0.4, -0.2) is 53.2 Å². The molecule has 0 radical (unpaired) electrons. The molecule has 2 N–H and O–H groups in total. The summed E-state index contributed by atoms with van der Waals surface area (Å²) >= 11 is 0. The minimum atomic E-state index is -1.11. The van der Waals surface area contributed by atoms with Crippen LogP contribution in [0, 0.1) is 0 Å². The van der Waals surface area contributed by atoms with Crippen LogP contribution in [0.3, 0.4) is 0 Å². The molecule has 0 spiro atoms. The normalized spacial score (nSPS) is 17.2. The summed E-state index contributed by atoms with van der Waals surface area (Å²) in [4.78, 5) is 39.3. The van der Waals surface area contributed by atoms with E-state index in [0.717, 1.165) is 27.8 Å². The number of amides is 2. The summed E-state index contributed by atoms with van der Waals surface area (Å²) in [6, 6.07) is 23.5. The van der Waals surface area contributed by atoms with Crippen LogP contribution in [0.5, 0.6) is 0 Å². The van der Waals surface area contributed by atoms with E-state index in [4.69, 9.17) is 4.74 Å². The van der Waals surface area contributed by atoms with Gasteiger partial charge in [0.25, 0.3) is 0 Å². The van der Waals surface area contributed by atoms with E-state index in [9.17, 15) is 19.5 Å². The van der Waals surface area contributed by atoms with Crippen molar-refractivity contribution in [3.8, 4) is 11.1 Å². The van der Waals surface area contributed by atoms with Gasteiger partial charge >= 0.3 is 12.1 Å². The van der Waals surface area contributed by atoms with Crippen LogP contribution in [0.4, 0.5) is 4.79 Å². The summed E-state index contributed by atoms with van der Waals surface area (Å²) in [6.07, 6.45) is 0.732. The van der Waals surface area contributed by atoms with Gasteiger partial charge in [-0.1, -0.05) is 78.9 Å². The number of ether oxygens (including phenoxy) is 1.